The summed E-state index contributed by atoms with van der Waals surface area (Å²) in [5.41, 5.74) is -0.790. The molecule has 1 heterocycles. The summed E-state index contributed by atoms with van der Waals surface area (Å²) in [6, 6.07) is 8.68. The van der Waals surface area contributed by atoms with Crippen LogP contribution in [-0.4, -0.2) is 22.0 Å². The second-order valence-corrected chi connectivity index (χ2v) is 9.27. The molecule has 1 N–H and O–H groups in total. The molecule has 0 radical (unpaired) electrons. The number of rotatable bonds is 6. The maximum absolute atomic E-state index is 14.5. The Morgan fingerprint density at radius 1 is 1.06 bits per heavy atom. The summed E-state index contributed by atoms with van der Waals surface area (Å²) < 4.78 is 55.3. The smallest absolute Gasteiger partial charge is 0.277 e. The van der Waals surface area contributed by atoms with Crippen molar-refractivity contribution in [3.05, 3.63) is 98.6 Å². The largest absolute Gasteiger partial charge is 0.348 e. The van der Waals surface area contributed by atoms with Gasteiger partial charge in [0.05, 0.1) is 28.0 Å². The number of hydrogen-bond donors (Lipinski definition) is 1. The number of carbonyl (C=O) groups excluding carboxylic acids is 2. The predicted molar refractivity (Wildman–Crippen MR) is 123 cm³/mol. The van der Waals surface area contributed by atoms with Crippen LogP contribution in [0.3, 0.4) is 0 Å². The predicted octanol–water partition coefficient (Wildman–Crippen LogP) is 5.11. The summed E-state index contributed by atoms with van der Waals surface area (Å²) in [6.07, 6.45) is 0. The van der Waals surface area contributed by atoms with E-state index >= 15 is 0 Å². The molecule has 2 amide bonds. The number of amides is 2. The van der Waals surface area contributed by atoms with Crippen molar-refractivity contribution in [2.75, 3.05) is 4.90 Å². The number of nitrogens with zero attached hydrogens (tertiary/aromatic N) is 2. The number of fused-ring (bicyclic) bond motifs is 1. The highest BCUT2D eigenvalue weighted by atomic mass is 32.2. The molecule has 3 aromatic rings. The fourth-order valence-corrected chi connectivity index (χ4v) is 4.86. The first-order valence-corrected chi connectivity index (χ1v) is 11.4. The summed E-state index contributed by atoms with van der Waals surface area (Å²) in [6.45, 7) is 0.679. The van der Waals surface area contributed by atoms with Crippen molar-refractivity contribution >= 4 is 35.0 Å². The second-order valence-electron chi connectivity index (χ2n) is 7.89. The third-order valence-electron chi connectivity index (χ3n) is 5.57. The van der Waals surface area contributed by atoms with Crippen molar-refractivity contribution in [3.63, 3.8) is 0 Å². The Balaban J connectivity index is 1.60. The number of carbonyl (C=O) groups is 2. The van der Waals surface area contributed by atoms with Crippen LogP contribution in [0.25, 0.3) is 0 Å². The number of halogens is 4. The molecular formula is C24H17F4N3O4S. The Bertz CT molecular complexity index is 1380. The highest BCUT2D eigenvalue weighted by molar-refractivity contribution is 8.01. The first kappa shape index (κ1) is 25.2. The minimum absolute atomic E-state index is 0.113. The monoisotopic (exact) mass is 519 g/mol. The number of hydrogen-bond acceptors (Lipinski definition) is 5. The lowest BCUT2D eigenvalue weighted by molar-refractivity contribution is -0.385. The van der Waals surface area contributed by atoms with Crippen LogP contribution >= 0.6 is 11.8 Å². The molecule has 1 aliphatic heterocycles. The molecule has 0 aromatic heterocycles. The van der Waals surface area contributed by atoms with Crippen molar-refractivity contribution in [3.8, 4) is 0 Å². The Hall–Kier alpha value is -3.93. The summed E-state index contributed by atoms with van der Waals surface area (Å²) in [5.74, 6) is -5.27. The zero-order valence-electron chi connectivity index (χ0n) is 18.6. The van der Waals surface area contributed by atoms with Gasteiger partial charge in [-0.05, 0) is 31.2 Å². The maximum Gasteiger partial charge on any atom is 0.277 e. The van der Waals surface area contributed by atoms with Crippen LogP contribution in [0.1, 0.15) is 28.4 Å². The number of anilines is 1. The standard InChI is InChI=1S/C24H17F4N3O4S/c1-12-24(33)30(11-16-17(26)3-2-4-20(16)31(34)35)21-6-5-13(7-22(21)36-12)23(32)29-10-15-18(27)8-14(25)9-19(15)28/h2-9,12H,10-11H2,1H3,(H,29,32). The van der Waals surface area contributed by atoms with Crippen LogP contribution in [0.4, 0.5) is 28.9 Å². The summed E-state index contributed by atoms with van der Waals surface area (Å²) in [5, 5.41) is 13.1. The quantitative estimate of drug-likeness (QED) is 0.278. The van der Waals surface area contributed by atoms with Gasteiger partial charge in [0.15, 0.2) is 0 Å². The highest BCUT2D eigenvalue weighted by Crippen LogP contribution is 2.41. The zero-order valence-corrected chi connectivity index (χ0v) is 19.4. The molecule has 36 heavy (non-hydrogen) atoms. The minimum Gasteiger partial charge on any atom is -0.348 e. The van der Waals surface area contributed by atoms with Crippen LogP contribution in [0.2, 0.25) is 0 Å². The Kier molecular flexibility index (Phi) is 6.97. The van der Waals surface area contributed by atoms with E-state index < -0.39 is 69.6 Å². The van der Waals surface area contributed by atoms with Gasteiger partial charge < -0.3 is 10.2 Å². The first-order valence-electron chi connectivity index (χ1n) is 10.5. The van der Waals surface area contributed by atoms with Crippen molar-refractivity contribution in [2.45, 2.75) is 30.2 Å². The van der Waals surface area contributed by atoms with E-state index in [1.807, 2.05) is 0 Å². The van der Waals surface area contributed by atoms with E-state index in [0.717, 1.165) is 23.9 Å². The normalized spacial score (nSPS) is 15.0. The fourth-order valence-electron chi connectivity index (χ4n) is 3.76. The third-order valence-corrected chi connectivity index (χ3v) is 6.71. The van der Waals surface area contributed by atoms with E-state index in [-0.39, 0.29) is 11.1 Å². The van der Waals surface area contributed by atoms with Gasteiger partial charge in [0.2, 0.25) is 5.91 Å². The molecule has 7 nitrogen and oxygen atoms in total. The maximum atomic E-state index is 14.5. The van der Waals surface area contributed by atoms with Gasteiger partial charge >= 0.3 is 0 Å². The van der Waals surface area contributed by atoms with Crippen molar-refractivity contribution in [2.24, 2.45) is 0 Å². The minimum atomic E-state index is -1.14. The van der Waals surface area contributed by atoms with Crippen molar-refractivity contribution in [1.82, 2.24) is 5.32 Å². The molecule has 1 aliphatic rings. The second kappa shape index (κ2) is 9.97. The van der Waals surface area contributed by atoms with Gasteiger partial charge in [0.25, 0.3) is 11.6 Å². The molecule has 0 fully saturated rings. The molecule has 12 heteroatoms. The average Bonchev–Trinajstić information content (AvgIpc) is 2.81. The number of benzene rings is 3. The van der Waals surface area contributed by atoms with Gasteiger partial charge in [-0.15, -0.1) is 11.8 Å². The van der Waals surface area contributed by atoms with Gasteiger partial charge in [0, 0.05) is 40.8 Å². The molecule has 1 atom stereocenters. The number of nitrogens with one attached hydrogen (secondary N) is 1. The van der Waals surface area contributed by atoms with E-state index in [2.05, 4.69) is 5.32 Å². The van der Waals surface area contributed by atoms with E-state index in [9.17, 15) is 37.3 Å². The Labute approximate surface area is 206 Å². The number of thioether (sulfide) groups is 1. The SMILES string of the molecule is CC1Sc2cc(C(=O)NCc3c(F)cc(F)cc3F)ccc2N(Cc2c(F)cccc2[N+](=O)[O-])C1=O. The van der Waals surface area contributed by atoms with Crippen molar-refractivity contribution < 1.29 is 32.1 Å². The van der Waals surface area contributed by atoms with E-state index in [0.29, 0.717) is 22.7 Å². The fraction of sp³-hybridized carbons (Fsp3) is 0.167. The highest BCUT2D eigenvalue weighted by Gasteiger charge is 2.33. The molecule has 1 unspecified atom stereocenters. The van der Waals surface area contributed by atoms with Crippen LogP contribution in [0, 0.1) is 33.4 Å². The van der Waals surface area contributed by atoms with Gasteiger partial charge in [-0.25, -0.2) is 17.6 Å². The van der Waals surface area contributed by atoms with Gasteiger partial charge in [0.1, 0.15) is 23.3 Å². The molecule has 0 saturated carbocycles. The first-order chi connectivity index (χ1) is 17.1. The molecule has 0 spiro atoms. The lowest BCUT2D eigenvalue weighted by Crippen LogP contribution is -2.39. The third kappa shape index (κ3) is 4.89. The molecule has 0 aliphatic carbocycles. The molecular weight excluding hydrogens is 502 g/mol. The summed E-state index contributed by atoms with van der Waals surface area (Å²) >= 11 is 1.14. The van der Waals surface area contributed by atoms with Crippen molar-refractivity contribution in [1.29, 1.82) is 0 Å². The van der Waals surface area contributed by atoms with E-state index in [1.165, 1.54) is 29.2 Å². The van der Waals surface area contributed by atoms with Crippen LogP contribution in [-0.2, 0) is 17.9 Å². The molecule has 0 bridgehead atoms. The lowest BCUT2D eigenvalue weighted by atomic mass is 10.1. The van der Waals surface area contributed by atoms with Gasteiger partial charge in [-0.1, -0.05) is 6.07 Å². The molecule has 4 rings (SSSR count). The van der Waals surface area contributed by atoms with Crippen LogP contribution in [0.15, 0.2) is 53.4 Å². The molecule has 3 aromatic carbocycles. The lowest BCUT2D eigenvalue weighted by Gasteiger charge is -2.32. The van der Waals surface area contributed by atoms with Gasteiger partial charge in [-0.3, -0.25) is 19.7 Å². The number of nitro benzene ring substituents is 1. The van der Waals surface area contributed by atoms with Crippen LogP contribution in [0.5, 0.6) is 0 Å². The zero-order chi connectivity index (χ0) is 26.1. The van der Waals surface area contributed by atoms with Gasteiger partial charge in [-0.2, -0.15) is 0 Å². The molecule has 186 valence electrons. The Morgan fingerprint density at radius 2 is 1.75 bits per heavy atom. The van der Waals surface area contributed by atoms with E-state index in [1.54, 1.807) is 6.92 Å². The average molecular weight is 519 g/mol. The summed E-state index contributed by atoms with van der Waals surface area (Å²) in [7, 11) is 0. The number of nitro groups is 1. The summed E-state index contributed by atoms with van der Waals surface area (Å²) in [4.78, 5) is 37.9. The molecule has 0 saturated heterocycles. The topological polar surface area (TPSA) is 92.6 Å². The van der Waals surface area contributed by atoms with E-state index in [4.69, 9.17) is 0 Å². The Morgan fingerprint density at radius 3 is 2.42 bits per heavy atom. The van der Waals surface area contributed by atoms with Crippen LogP contribution < -0.4 is 10.2 Å².